The summed E-state index contributed by atoms with van der Waals surface area (Å²) in [5.74, 6) is 2.26. The maximum absolute atomic E-state index is 12.7. The molecule has 0 radical (unpaired) electrons. The average Bonchev–Trinajstić information content (AvgIpc) is 2.46. The van der Waals surface area contributed by atoms with E-state index in [0.29, 0.717) is 17.9 Å². The third-order valence-electron chi connectivity index (χ3n) is 4.28. The Morgan fingerprint density at radius 1 is 1.26 bits per heavy atom. The minimum absolute atomic E-state index is 0.234. The van der Waals surface area contributed by atoms with Gasteiger partial charge in [0.1, 0.15) is 0 Å². The molecule has 0 bridgehead atoms. The molecule has 0 aromatic heterocycles. The molecule has 110 valence electrons. The normalized spacial score (nSPS) is 25.5. The van der Waals surface area contributed by atoms with E-state index in [2.05, 4.69) is 24.1 Å². The van der Waals surface area contributed by atoms with E-state index in [4.69, 9.17) is 0 Å². The SMILES string of the molecule is CC(C)N(CC1CCNCC1)C(=O)C1CCCCS1. The molecule has 2 fully saturated rings. The summed E-state index contributed by atoms with van der Waals surface area (Å²) < 4.78 is 0. The molecule has 1 unspecified atom stereocenters. The molecule has 2 aliphatic heterocycles. The zero-order valence-electron chi connectivity index (χ0n) is 12.4. The standard InChI is InChI=1S/C15H28N2OS/c1-12(2)17(11-13-6-8-16-9-7-13)15(18)14-5-3-4-10-19-14/h12-14,16H,3-11H2,1-2H3. The van der Waals surface area contributed by atoms with Crippen molar-refractivity contribution in [1.82, 2.24) is 10.2 Å². The summed E-state index contributed by atoms with van der Waals surface area (Å²) in [4.78, 5) is 14.9. The van der Waals surface area contributed by atoms with Gasteiger partial charge in [-0.1, -0.05) is 6.42 Å². The summed E-state index contributed by atoms with van der Waals surface area (Å²) in [6.07, 6.45) is 6.02. The van der Waals surface area contributed by atoms with E-state index in [9.17, 15) is 4.79 Å². The van der Waals surface area contributed by atoms with Gasteiger partial charge in [-0.25, -0.2) is 0 Å². The Labute approximate surface area is 121 Å². The zero-order chi connectivity index (χ0) is 13.7. The van der Waals surface area contributed by atoms with Gasteiger partial charge in [-0.05, 0) is 64.3 Å². The van der Waals surface area contributed by atoms with Crippen LogP contribution in [0, 0.1) is 5.92 Å². The van der Waals surface area contributed by atoms with Crippen LogP contribution in [0.4, 0.5) is 0 Å². The lowest BCUT2D eigenvalue weighted by molar-refractivity contribution is -0.133. The molecular weight excluding hydrogens is 256 g/mol. The number of hydrogen-bond donors (Lipinski definition) is 1. The molecule has 1 N–H and O–H groups in total. The summed E-state index contributed by atoms with van der Waals surface area (Å²) in [6, 6.07) is 0.338. The van der Waals surface area contributed by atoms with Crippen LogP contribution >= 0.6 is 11.8 Å². The van der Waals surface area contributed by atoms with E-state index in [1.54, 1.807) is 0 Å². The minimum Gasteiger partial charge on any atom is -0.339 e. The van der Waals surface area contributed by atoms with E-state index in [0.717, 1.165) is 31.8 Å². The van der Waals surface area contributed by atoms with E-state index < -0.39 is 0 Å². The van der Waals surface area contributed by atoms with Gasteiger partial charge in [0.25, 0.3) is 0 Å². The minimum atomic E-state index is 0.234. The molecule has 1 atom stereocenters. The molecule has 0 spiro atoms. The fourth-order valence-corrected chi connectivity index (χ4v) is 4.28. The van der Waals surface area contributed by atoms with Crippen LogP contribution in [0.3, 0.4) is 0 Å². The topological polar surface area (TPSA) is 32.3 Å². The first-order chi connectivity index (χ1) is 9.18. The quantitative estimate of drug-likeness (QED) is 0.861. The number of rotatable bonds is 4. The molecule has 2 aliphatic rings. The molecule has 0 aromatic rings. The highest BCUT2D eigenvalue weighted by atomic mass is 32.2. The third-order valence-corrected chi connectivity index (χ3v) is 5.64. The highest BCUT2D eigenvalue weighted by Gasteiger charge is 2.29. The molecule has 0 aromatic carbocycles. The number of nitrogens with one attached hydrogen (secondary N) is 1. The second-order valence-electron chi connectivity index (χ2n) is 6.13. The lowest BCUT2D eigenvalue weighted by Crippen LogP contribution is -2.46. The first-order valence-electron chi connectivity index (χ1n) is 7.81. The van der Waals surface area contributed by atoms with Gasteiger partial charge in [0.05, 0.1) is 5.25 Å². The van der Waals surface area contributed by atoms with E-state index in [1.807, 2.05) is 11.8 Å². The fraction of sp³-hybridized carbons (Fsp3) is 0.933. The van der Waals surface area contributed by atoms with Crippen molar-refractivity contribution in [3.8, 4) is 0 Å². The Kier molecular flexibility index (Phi) is 6.02. The van der Waals surface area contributed by atoms with Crippen LogP contribution in [-0.4, -0.2) is 47.5 Å². The first kappa shape index (κ1) is 15.2. The Morgan fingerprint density at radius 3 is 2.58 bits per heavy atom. The third kappa shape index (κ3) is 4.38. The number of carbonyl (C=O) groups is 1. The molecule has 1 amide bonds. The van der Waals surface area contributed by atoms with Crippen molar-refractivity contribution in [2.45, 2.75) is 57.2 Å². The summed E-state index contributed by atoms with van der Waals surface area (Å²) in [6.45, 7) is 7.51. The molecule has 4 heteroatoms. The Bertz CT molecular complexity index is 284. The van der Waals surface area contributed by atoms with Crippen LogP contribution in [0.5, 0.6) is 0 Å². The van der Waals surface area contributed by atoms with Crippen LogP contribution in [-0.2, 0) is 4.79 Å². The largest absolute Gasteiger partial charge is 0.339 e. The van der Waals surface area contributed by atoms with Gasteiger partial charge < -0.3 is 10.2 Å². The number of thioether (sulfide) groups is 1. The summed E-state index contributed by atoms with van der Waals surface area (Å²) >= 11 is 1.88. The number of hydrogen-bond acceptors (Lipinski definition) is 3. The highest BCUT2D eigenvalue weighted by molar-refractivity contribution is 8.00. The molecule has 19 heavy (non-hydrogen) atoms. The monoisotopic (exact) mass is 284 g/mol. The van der Waals surface area contributed by atoms with Gasteiger partial charge in [-0.15, -0.1) is 11.8 Å². The van der Waals surface area contributed by atoms with E-state index in [-0.39, 0.29) is 5.25 Å². The Morgan fingerprint density at radius 2 is 2.00 bits per heavy atom. The van der Waals surface area contributed by atoms with Crippen LogP contribution in [0.25, 0.3) is 0 Å². The molecule has 2 rings (SSSR count). The van der Waals surface area contributed by atoms with Gasteiger partial charge in [0.15, 0.2) is 0 Å². The molecule has 3 nitrogen and oxygen atoms in total. The molecule has 0 saturated carbocycles. The smallest absolute Gasteiger partial charge is 0.235 e. The Hall–Kier alpha value is -0.220. The van der Waals surface area contributed by atoms with Crippen LogP contribution in [0.2, 0.25) is 0 Å². The van der Waals surface area contributed by atoms with Gasteiger partial charge in [-0.3, -0.25) is 4.79 Å². The van der Waals surface area contributed by atoms with E-state index >= 15 is 0 Å². The lowest BCUT2D eigenvalue weighted by Gasteiger charge is -2.35. The van der Waals surface area contributed by atoms with E-state index in [1.165, 1.54) is 25.7 Å². The van der Waals surface area contributed by atoms with Crippen molar-refractivity contribution in [2.75, 3.05) is 25.4 Å². The zero-order valence-corrected chi connectivity index (χ0v) is 13.2. The summed E-state index contributed by atoms with van der Waals surface area (Å²) in [5.41, 5.74) is 0. The molecular formula is C15H28N2OS. The maximum Gasteiger partial charge on any atom is 0.235 e. The highest BCUT2D eigenvalue weighted by Crippen LogP contribution is 2.28. The number of nitrogens with zero attached hydrogens (tertiary/aromatic N) is 1. The summed E-state index contributed by atoms with van der Waals surface area (Å²) in [5, 5.41) is 3.64. The van der Waals surface area contributed by atoms with Gasteiger partial charge in [0, 0.05) is 12.6 Å². The van der Waals surface area contributed by atoms with Crippen molar-refractivity contribution >= 4 is 17.7 Å². The van der Waals surface area contributed by atoms with Crippen LogP contribution in [0.15, 0.2) is 0 Å². The first-order valence-corrected chi connectivity index (χ1v) is 8.86. The van der Waals surface area contributed by atoms with Crippen molar-refractivity contribution < 1.29 is 4.79 Å². The molecule has 2 heterocycles. The number of amides is 1. The second kappa shape index (κ2) is 7.53. The molecule has 2 saturated heterocycles. The van der Waals surface area contributed by atoms with Crippen molar-refractivity contribution in [3.63, 3.8) is 0 Å². The fourth-order valence-electron chi connectivity index (χ4n) is 3.02. The molecule has 0 aliphatic carbocycles. The van der Waals surface area contributed by atoms with Crippen LogP contribution in [0.1, 0.15) is 46.0 Å². The van der Waals surface area contributed by atoms with Crippen molar-refractivity contribution in [1.29, 1.82) is 0 Å². The van der Waals surface area contributed by atoms with Crippen molar-refractivity contribution in [2.24, 2.45) is 5.92 Å². The van der Waals surface area contributed by atoms with Crippen LogP contribution < -0.4 is 5.32 Å². The summed E-state index contributed by atoms with van der Waals surface area (Å²) in [7, 11) is 0. The van der Waals surface area contributed by atoms with Gasteiger partial charge in [-0.2, -0.15) is 0 Å². The number of piperidine rings is 1. The predicted molar refractivity (Wildman–Crippen MR) is 82.5 cm³/mol. The average molecular weight is 284 g/mol. The second-order valence-corrected chi connectivity index (χ2v) is 7.44. The predicted octanol–water partition coefficient (Wildman–Crippen LogP) is 2.51. The lowest BCUT2D eigenvalue weighted by atomic mass is 9.96. The van der Waals surface area contributed by atoms with Gasteiger partial charge >= 0.3 is 0 Å². The number of carbonyl (C=O) groups excluding carboxylic acids is 1. The maximum atomic E-state index is 12.7. The van der Waals surface area contributed by atoms with Crippen molar-refractivity contribution in [3.05, 3.63) is 0 Å². The Balaban J connectivity index is 1.91. The van der Waals surface area contributed by atoms with Gasteiger partial charge in [0.2, 0.25) is 5.91 Å².